The number of nitrogens with two attached hydrogens (primary N) is 2. The average Bonchev–Trinajstić information content (AvgIpc) is 3.01. The summed E-state index contributed by atoms with van der Waals surface area (Å²) in [5.74, 6) is -0.819. The number of rotatable bonds is 9. The Labute approximate surface area is 243 Å². The van der Waals surface area contributed by atoms with E-state index in [1.165, 1.54) is 12.1 Å². The van der Waals surface area contributed by atoms with Crippen molar-refractivity contribution >= 4 is 35.4 Å². The smallest absolute Gasteiger partial charge is 0.437 e. The number of nitrogens with zero attached hydrogens (tertiary/aromatic N) is 2. The summed E-state index contributed by atoms with van der Waals surface area (Å²) in [6.45, 7) is -0.0505. The van der Waals surface area contributed by atoms with Crippen molar-refractivity contribution in [2.24, 2.45) is 16.5 Å². The molecule has 0 spiro atoms. The topological polar surface area (TPSA) is 149 Å². The standard InChI is InChI=1S/C32H31N5O5/c33-28(20-23-10-4-1-5-11-23)29(38)35-26-16-18-27(19-17-26)37(32(40)42-22-25-14-8-3-9-15-25)30(34)36-31(39)41-21-24-12-6-2-7-13-24/h1-19,28H,20-22,33H2,(H,35,38)(H2,34,36,39)/t28-/m0/s1. The second-order valence-electron chi connectivity index (χ2n) is 9.22. The van der Waals surface area contributed by atoms with Gasteiger partial charge < -0.3 is 26.3 Å². The van der Waals surface area contributed by atoms with Gasteiger partial charge in [0.2, 0.25) is 11.9 Å². The summed E-state index contributed by atoms with van der Waals surface area (Å²) in [5, 5.41) is 2.76. The molecule has 0 aliphatic carbocycles. The predicted molar refractivity (Wildman–Crippen MR) is 161 cm³/mol. The van der Waals surface area contributed by atoms with Gasteiger partial charge in [0.05, 0.1) is 11.7 Å². The first-order chi connectivity index (χ1) is 20.4. The third-order valence-corrected chi connectivity index (χ3v) is 6.06. The van der Waals surface area contributed by atoms with E-state index in [1.54, 1.807) is 36.4 Å². The van der Waals surface area contributed by atoms with E-state index in [9.17, 15) is 14.4 Å². The highest BCUT2D eigenvalue weighted by molar-refractivity contribution is 6.15. The molecule has 4 aromatic carbocycles. The fourth-order valence-corrected chi connectivity index (χ4v) is 3.90. The highest BCUT2D eigenvalue weighted by Gasteiger charge is 2.23. The zero-order valence-electron chi connectivity index (χ0n) is 22.8. The van der Waals surface area contributed by atoms with Crippen molar-refractivity contribution in [2.75, 3.05) is 10.2 Å². The second-order valence-corrected chi connectivity index (χ2v) is 9.22. The fourth-order valence-electron chi connectivity index (χ4n) is 3.90. The monoisotopic (exact) mass is 565 g/mol. The molecule has 0 unspecified atom stereocenters. The molecule has 4 rings (SSSR count). The maximum Gasteiger partial charge on any atom is 0.437 e. The maximum absolute atomic E-state index is 13.1. The number of guanidine groups is 1. The van der Waals surface area contributed by atoms with Crippen molar-refractivity contribution in [1.29, 1.82) is 0 Å². The summed E-state index contributed by atoms with van der Waals surface area (Å²) in [4.78, 5) is 42.9. The summed E-state index contributed by atoms with van der Waals surface area (Å²) >= 11 is 0. The fraction of sp³-hybridized carbons (Fsp3) is 0.125. The van der Waals surface area contributed by atoms with Crippen LogP contribution in [0.4, 0.5) is 21.0 Å². The molecule has 10 heteroatoms. The van der Waals surface area contributed by atoms with Gasteiger partial charge in [-0.2, -0.15) is 0 Å². The average molecular weight is 566 g/mol. The Hall–Kier alpha value is -5.48. The van der Waals surface area contributed by atoms with Crippen LogP contribution in [0.2, 0.25) is 0 Å². The van der Waals surface area contributed by atoms with Gasteiger partial charge in [0.25, 0.3) is 0 Å². The van der Waals surface area contributed by atoms with E-state index < -0.39 is 24.2 Å². The molecule has 1 atom stereocenters. The SMILES string of the molecule is NC(=NC(=O)OCc1ccccc1)N(C(=O)OCc1ccccc1)c1ccc(NC(=O)[C@@H](N)Cc2ccccc2)cc1. The van der Waals surface area contributed by atoms with Gasteiger partial charge in [0, 0.05) is 5.69 Å². The number of benzene rings is 4. The van der Waals surface area contributed by atoms with Crippen LogP contribution < -0.4 is 21.7 Å². The minimum atomic E-state index is -0.978. The number of amides is 3. The molecule has 214 valence electrons. The molecule has 0 fully saturated rings. The Morgan fingerprint density at radius 3 is 1.76 bits per heavy atom. The van der Waals surface area contributed by atoms with Gasteiger partial charge >= 0.3 is 12.2 Å². The minimum Gasteiger partial charge on any atom is -0.444 e. The van der Waals surface area contributed by atoms with Crippen LogP contribution in [0.15, 0.2) is 120 Å². The Kier molecular flexibility index (Phi) is 10.4. The lowest BCUT2D eigenvalue weighted by Gasteiger charge is -2.21. The van der Waals surface area contributed by atoms with Gasteiger partial charge in [-0.3, -0.25) is 4.79 Å². The quantitative estimate of drug-likeness (QED) is 0.191. The van der Waals surface area contributed by atoms with E-state index in [2.05, 4.69) is 10.3 Å². The van der Waals surface area contributed by atoms with E-state index in [0.29, 0.717) is 12.1 Å². The molecular weight excluding hydrogens is 534 g/mol. The van der Waals surface area contributed by atoms with Crippen molar-refractivity contribution in [3.63, 3.8) is 0 Å². The number of carbonyl (C=O) groups excluding carboxylic acids is 3. The molecule has 0 aliphatic rings. The number of ether oxygens (including phenoxy) is 2. The molecule has 5 N–H and O–H groups in total. The lowest BCUT2D eigenvalue weighted by Crippen LogP contribution is -2.43. The Bertz CT molecular complexity index is 1500. The number of aliphatic imine (C=N–C) groups is 1. The first-order valence-corrected chi connectivity index (χ1v) is 13.1. The molecule has 10 nitrogen and oxygen atoms in total. The van der Waals surface area contributed by atoms with E-state index in [0.717, 1.165) is 21.6 Å². The number of hydrogen-bond acceptors (Lipinski definition) is 6. The molecule has 0 saturated heterocycles. The van der Waals surface area contributed by atoms with Crippen LogP contribution in [0.1, 0.15) is 16.7 Å². The normalized spacial score (nSPS) is 11.7. The van der Waals surface area contributed by atoms with Crippen molar-refractivity contribution in [2.45, 2.75) is 25.7 Å². The first-order valence-electron chi connectivity index (χ1n) is 13.1. The first kappa shape index (κ1) is 29.5. The van der Waals surface area contributed by atoms with Crippen LogP contribution in [0.25, 0.3) is 0 Å². The summed E-state index contributed by atoms with van der Waals surface area (Å²) in [6, 6.07) is 33.0. The lowest BCUT2D eigenvalue weighted by atomic mass is 10.1. The van der Waals surface area contributed by atoms with Crippen LogP contribution >= 0.6 is 0 Å². The molecule has 3 amide bonds. The van der Waals surface area contributed by atoms with E-state index in [-0.39, 0.29) is 24.8 Å². The van der Waals surface area contributed by atoms with Crippen LogP contribution in [-0.4, -0.2) is 30.1 Å². The van der Waals surface area contributed by atoms with Gasteiger partial charge in [-0.1, -0.05) is 91.0 Å². The zero-order valence-corrected chi connectivity index (χ0v) is 22.8. The van der Waals surface area contributed by atoms with Gasteiger partial charge in [0.15, 0.2) is 0 Å². The Morgan fingerprint density at radius 1 is 0.714 bits per heavy atom. The largest absolute Gasteiger partial charge is 0.444 e. The Balaban J connectivity index is 1.46. The molecule has 0 aromatic heterocycles. The number of carbonyl (C=O) groups is 3. The molecule has 0 saturated carbocycles. The van der Waals surface area contributed by atoms with E-state index in [1.807, 2.05) is 66.7 Å². The number of nitrogens with one attached hydrogen (secondary N) is 1. The third-order valence-electron chi connectivity index (χ3n) is 6.06. The van der Waals surface area contributed by atoms with Crippen molar-refractivity contribution < 1.29 is 23.9 Å². The van der Waals surface area contributed by atoms with Crippen molar-refractivity contribution in [3.05, 3.63) is 132 Å². The Morgan fingerprint density at radius 2 is 1.21 bits per heavy atom. The molecule has 0 bridgehead atoms. The highest BCUT2D eigenvalue weighted by atomic mass is 16.6. The van der Waals surface area contributed by atoms with Gasteiger partial charge in [0.1, 0.15) is 13.2 Å². The predicted octanol–water partition coefficient (Wildman–Crippen LogP) is 4.99. The lowest BCUT2D eigenvalue weighted by molar-refractivity contribution is -0.117. The van der Waals surface area contributed by atoms with E-state index in [4.69, 9.17) is 20.9 Å². The number of hydrogen-bond donors (Lipinski definition) is 3. The number of anilines is 2. The van der Waals surface area contributed by atoms with Gasteiger partial charge in [-0.05, 0) is 47.4 Å². The minimum absolute atomic E-state index is 0.0181. The summed E-state index contributed by atoms with van der Waals surface area (Å²) in [5.41, 5.74) is 15.4. The van der Waals surface area contributed by atoms with Gasteiger partial charge in [-0.25, -0.2) is 14.5 Å². The van der Waals surface area contributed by atoms with Crippen LogP contribution in [0.3, 0.4) is 0 Å². The second kappa shape index (κ2) is 14.8. The highest BCUT2D eigenvalue weighted by Crippen LogP contribution is 2.20. The van der Waals surface area contributed by atoms with Crippen molar-refractivity contribution in [3.8, 4) is 0 Å². The maximum atomic E-state index is 13.1. The van der Waals surface area contributed by atoms with Crippen LogP contribution in [0, 0.1) is 0 Å². The van der Waals surface area contributed by atoms with Crippen molar-refractivity contribution in [1.82, 2.24) is 0 Å². The molecular formula is C32H31N5O5. The van der Waals surface area contributed by atoms with Crippen LogP contribution in [0.5, 0.6) is 0 Å². The van der Waals surface area contributed by atoms with Crippen LogP contribution in [-0.2, 0) is 33.9 Å². The summed E-state index contributed by atoms with van der Waals surface area (Å²) in [7, 11) is 0. The van der Waals surface area contributed by atoms with E-state index >= 15 is 0 Å². The molecule has 4 aromatic rings. The molecule has 42 heavy (non-hydrogen) atoms. The summed E-state index contributed by atoms with van der Waals surface area (Å²) < 4.78 is 10.6. The molecule has 0 aliphatic heterocycles. The van der Waals surface area contributed by atoms with Gasteiger partial charge in [-0.15, -0.1) is 4.99 Å². The summed E-state index contributed by atoms with van der Waals surface area (Å²) in [6.07, 6.45) is -1.47. The molecule has 0 radical (unpaired) electrons. The molecule has 0 heterocycles. The zero-order chi connectivity index (χ0) is 29.7. The third kappa shape index (κ3) is 8.77.